The van der Waals surface area contributed by atoms with E-state index in [0.717, 1.165) is 16.9 Å². The number of hydrogen-bond acceptors (Lipinski definition) is 6. The van der Waals surface area contributed by atoms with E-state index in [9.17, 15) is 21.6 Å². The highest BCUT2D eigenvalue weighted by molar-refractivity contribution is 7.93. The van der Waals surface area contributed by atoms with Gasteiger partial charge in [-0.05, 0) is 61.7 Å². The summed E-state index contributed by atoms with van der Waals surface area (Å²) < 4.78 is 53.7. The van der Waals surface area contributed by atoms with E-state index in [1.807, 2.05) is 6.92 Å². The van der Waals surface area contributed by atoms with Gasteiger partial charge in [0, 0.05) is 17.1 Å². The molecule has 0 aliphatic carbocycles. The summed E-state index contributed by atoms with van der Waals surface area (Å²) in [7, 11) is -7.36. The van der Waals surface area contributed by atoms with Crippen LogP contribution < -0.4 is 14.8 Å². The van der Waals surface area contributed by atoms with Crippen LogP contribution in [0.1, 0.15) is 22.2 Å². The first-order valence-corrected chi connectivity index (χ1v) is 13.2. The van der Waals surface area contributed by atoms with Crippen LogP contribution in [0.3, 0.4) is 0 Å². The van der Waals surface area contributed by atoms with E-state index in [-0.39, 0.29) is 15.5 Å². The van der Waals surface area contributed by atoms with Gasteiger partial charge in [-0.1, -0.05) is 17.7 Å². The van der Waals surface area contributed by atoms with Gasteiger partial charge in [0.2, 0.25) is 10.0 Å². The van der Waals surface area contributed by atoms with Gasteiger partial charge in [0.05, 0.1) is 5.75 Å². The molecule has 2 aromatic carbocycles. The Morgan fingerprint density at radius 1 is 0.839 bits per heavy atom. The minimum Gasteiger partial charge on any atom is -0.321 e. The largest absolute Gasteiger partial charge is 0.321 e. The third kappa shape index (κ3) is 5.84. The number of thiophene rings is 1. The van der Waals surface area contributed by atoms with Crippen molar-refractivity contribution in [2.75, 3.05) is 20.5 Å². The number of hydrogen-bond donors (Lipinski definition) is 3. The molecule has 31 heavy (non-hydrogen) atoms. The molecule has 164 valence electrons. The Balaban J connectivity index is 1.75. The van der Waals surface area contributed by atoms with Crippen molar-refractivity contribution in [3.05, 3.63) is 70.4 Å². The molecule has 0 aliphatic rings. The lowest BCUT2D eigenvalue weighted by molar-refractivity contribution is 0.102. The van der Waals surface area contributed by atoms with Crippen LogP contribution in [-0.2, 0) is 20.0 Å². The molecule has 0 atom stereocenters. The number of anilines is 3. The van der Waals surface area contributed by atoms with Crippen LogP contribution in [0.4, 0.5) is 17.1 Å². The van der Waals surface area contributed by atoms with Crippen molar-refractivity contribution >= 4 is 54.4 Å². The van der Waals surface area contributed by atoms with Gasteiger partial charge in [-0.15, -0.1) is 11.3 Å². The molecule has 0 unspecified atom stereocenters. The average molecular weight is 480 g/mol. The molecule has 0 radical (unpaired) electrons. The molecule has 0 aliphatic heterocycles. The normalized spacial score (nSPS) is 11.7. The number of carbonyl (C=O) groups is 1. The molecule has 1 aromatic heterocycles. The summed E-state index contributed by atoms with van der Waals surface area (Å²) in [5, 5.41) is 4.16. The predicted molar refractivity (Wildman–Crippen MR) is 124 cm³/mol. The van der Waals surface area contributed by atoms with Crippen molar-refractivity contribution < 1.29 is 21.6 Å². The fourth-order valence-corrected chi connectivity index (χ4v) is 5.59. The zero-order chi connectivity index (χ0) is 22.6. The number of rotatable bonds is 8. The van der Waals surface area contributed by atoms with E-state index in [2.05, 4.69) is 14.8 Å². The third-order valence-electron chi connectivity index (χ3n) is 4.22. The first-order valence-electron chi connectivity index (χ1n) is 9.18. The zero-order valence-electron chi connectivity index (χ0n) is 16.7. The number of aryl methyl sites for hydroxylation is 1. The molecule has 1 heterocycles. The second-order valence-corrected chi connectivity index (χ2v) is 11.2. The van der Waals surface area contributed by atoms with Crippen LogP contribution >= 0.6 is 11.3 Å². The van der Waals surface area contributed by atoms with Crippen LogP contribution in [0.15, 0.2) is 64.9 Å². The van der Waals surface area contributed by atoms with Crippen molar-refractivity contribution in [1.29, 1.82) is 0 Å². The third-order valence-corrected chi connectivity index (χ3v) is 8.00. The van der Waals surface area contributed by atoms with Gasteiger partial charge in [0.1, 0.15) is 9.77 Å². The molecule has 0 fully saturated rings. The van der Waals surface area contributed by atoms with Crippen molar-refractivity contribution in [3.63, 3.8) is 0 Å². The van der Waals surface area contributed by atoms with Crippen LogP contribution in [0.25, 0.3) is 0 Å². The van der Waals surface area contributed by atoms with Gasteiger partial charge in [-0.25, -0.2) is 16.8 Å². The standard InChI is InChI=1S/C20H21N3O5S3/c1-3-30(25,26)22-16-10-8-15(9-11-16)21-20(24)19-18(12-13-29-19)31(27,28)23-17-6-4-14(2)5-7-17/h4-13,22-23H,3H2,1-2H3,(H,21,24). The molecular weight excluding hydrogens is 458 g/mol. The Labute approximate surface area is 185 Å². The molecule has 11 heteroatoms. The zero-order valence-corrected chi connectivity index (χ0v) is 19.2. The maximum Gasteiger partial charge on any atom is 0.267 e. The van der Waals surface area contributed by atoms with Crippen LogP contribution in [-0.4, -0.2) is 28.5 Å². The summed E-state index contributed by atoms with van der Waals surface area (Å²) in [4.78, 5) is 12.6. The SMILES string of the molecule is CCS(=O)(=O)Nc1ccc(NC(=O)c2sccc2S(=O)(=O)Nc2ccc(C)cc2)cc1. The summed E-state index contributed by atoms with van der Waals surface area (Å²) in [6, 6.07) is 14.3. The number of benzene rings is 2. The average Bonchev–Trinajstić information content (AvgIpc) is 3.22. The fraction of sp³-hybridized carbons (Fsp3) is 0.150. The topological polar surface area (TPSA) is 121 Å². The quantitative estimate of drug-likeness (QED) is 0.453. The Bertz CT molecular complexity index is 1280. The first kappa shape index (κ1) is 22.8. The van der Waals surface area contributed by atoms with Crippen LogP contribution in [0, 0.1) is 6.92 Å². The van der Waals surface area contributed by atoms with Gasteiger partial charge in [-0.3, -0.25) is 14.2 Å². The van der Waals surface area contributed by atoms with Gasteiger partial charge in [0.15, 0.2) is 0 Å². The lowest BCUT2D eigenvalue weighted by Gasteiger charge is -2.10. The molecule has 8 nitrogen and oxygen atoms in total. The summed E-state index contributed by atoms with van der Waals surface area (Å²) >= 11 is 1.01. The molecule has 1 amide bonds. The number of sulfonamides is 2. The number of carbonyl (C=O) groups excluding carboxylic acids is 1. The minimum atomic E-state index is -3.96. The molecule has 0 saturated carbocycles. The molecule has 3 rings (SSSR count). The Kier molecular flexibility index (Phi) is 6.68. The number of nitrogens with one attached hydrogen (secondary N) is 3. The van der Waals surface area contributed by atoms with Crippen molar-refractivity contribution in [2.45, 2.75) is 18.7 Å². The maximum atomic E-state index is 12.8. The highest BCUT2D eigenvalue weighted by Crippen LogP contribution is 2.26. The van der Waals surface area contributed by atoms with E-state index in [1.165, 1.54) is 42.6 Å². The number of amides is 1. The van der Waals surface area contributed by atoms with Crippen molar-refractivity contribution in [2.24, 2.45) is 0 Å². The van der Waals surface area contributed by atoms with Crippen molar-refractivity contribution in [1.82, 2.24) is 0 Å². The first-order chi connectivity index (χ1) is 14.6. The van der Waals surface area contributed by atoms with Crippen LogP contribution in [0.5, 0.6) is 0 Å². The lowest BCUT2D eigenvalue weighted by Crippen LogP contribution is -2.18. The summed E-state index contributed by atoms with van der Waals surface area (Å²) in [5.41, 5.74) is 2.15. The highest BCUT2D eigenvalue weighted by atomic mass is 32.2. The second kappa shape index (κ2) is 9.08. The summed E-state index contributed by atoms with van der Waals surface area (Å²) in [5.74, 6) is -0.640. The van der Waals surface area contributed by atoms with Crippen LogP contribution in [0.2, 0.25) is 0 Å². The highest BCUT2D eigenvalue weighted by Gasteiger charge is 2.24. The van der Waals surface area contributed by atoms with Gasteiger partial charge in [-0.2, -0.15) is 0 Å². The van der Waals surface area contributed by atoms with E-state index in [1.54, 1.807) is 24.3 Å². The second-order valence-electron chi connectivity index (χ2n) is 6.62. The molecular formula is C20H21N3O5S3. The van der Waals surface area contributed by atoms with E-state index >= 15 is 0 Å². The lowest BCUT2D eigenvalue weighted by atomic mass is 10.2. The smallest absolute Gasteiger partial charge is 0.267 e. The van der Waals surface area contributed by atoms with Gasteiger partial charge >= 0.3 is 0 Å². The van der Waals surface area contributed by atoms with Gasteiger partial charge in [0.25, 0.3) is 15.9 Å². The molecule has 0 spiro atoms. The Hall–Kier alpha value is -2.89. The monoisotopic (exact) mass is 479 g/mol. The van der Waals surface area contributed by atoms with E-state index < -0.39 is 26.0 Å². The van der Waals surface area contributed by atoms with E-state index in [4.69, 9.17) is 0 Å². The molecule has 0 saturated heterocycles. The molecule has 3 N–H and O–H groups in total. The fourth-order valence-electron chi connectivity index (χ4n) is 2.57. The molecule has 0 bridgehead atoms. The predicted octanol–water partition coefficient (Wildman–Crippen LogP) is 3.87. The van der Waals surface area contributed by atoms with Crippen molar-refractivity contribution in [3.8, 4) is 0 Å². The summed E-state index contributed by atoms with van der Waals surface area (Å²) in [6.45, 7) is 3.42. The Morgan fingerprint density at radius 3 is 2.00 bits per heavy atom. The Morgan fingerprint density at radius 2 is 1.39 bits per heavy atom. The summed E-state index contributed by atoms with van der Waals surface area (Å²) in [6.07, 6.45) is 0. The van der Waals surface area contributed by atoms with Gasteiger partial charge < -0.3 is 5.32 Å². The minimum absolute atomic E-state index is 0.0374. The van der Waals surface area contributed by atoms with E-state index in [0.29, 0.717) is 17.1 Å². The maximum absolute atomic E-state index is 12.8. The molecule has 3 aromatic rings.